The molecule has 7 heteroatoms. The number of aryl methyl sites for hydroxylation is 1. The number of benzene rings is 2. The van der Waals surface area contributed by atoms with E-state index in [9.17, 15) is 4.79 Å². The van der Waals surface area contributed by atoms with Gasteiger partial charge < -0.3 is 14.4 Å². The topological polar surface area (TPSA) is 56.6 Å². The highest BCUT2D eigenvalue weighted by Crippen LogP contribution is 2.37. The molecule has 1 aromatic heterocycles. The van der Waals surface area contributed by atoms with Crippen LogP contribution in [0.5, 0.6) is 11.5 Å². The fourth-order valence-corrected chi connectivity index (χ4v) is 4.15. The predicted molar refractivity (Wildman–Crippen MR) is 105 cm³/mol. The monoisotopic (exact) mass is 395 g/mol. The number of fused-ring (bicyclic) bond motifs is 2. The molecule has 0 fully saturated rings. The zero-order valence-corrected chi connectivity index (χ0v) is 16.1. The van der Waals surface area contributed by atoms with Gasteiger partial charge in [-0.25, -0.2) is 0 Å². The van der Waals surface area contributed by atoms with Crippen molar-refractivity contribution in [1.82, 2.24) is 14.7 Å². The Hall–Kier alpha value is -2.99. The average Bonchev–Trinajstić information content (AvgIpc) is 3.30. The summed E-state index contributed by atoms with van der Waals surface area (Å²) in [5.74, 6) is 1.08. The Morgan fingerprint density at radius 1 is 1.18 bits per heavy atom. The molecule has 0 radical (unpaired) electrons. The largest absolute Gasteiger partial charge is 0.454 e. The third-order valence-electron chi connectivity index (χ3n) is 5.21. The maximum Gasteiger partial charge on any atom is 0.258 e. The number of para-hydroxylation sites is 1. The van der Waals surface area contributed by atoms with Crippen LogP contribution in [0.15, 0.2) is 42.5 Å². The van der Waals surface area contributed by atoms with Crippen molar-refractivity contribution in [2.24, 2.45) is 7.05 Å². The van der Waals surface area contributed by atoms with Crippen LogP contribution in [-0.4, -0.2) is 33.9 Å². The quantitative estimate of drug-likeness (QED) is 0.664. The highest BCUT2D eigenvalue weighted by molar-refractivity contribution is 6.30. The number of hydrogen-bond donors (Lipinski definition) is 0. The third kappa shape index (κ3) is 2.72. The number of nitrogens with zero attached hydrogens (tertiary/aromatic N) is 3. The van der Waals surface area contributed by atoms with Crippen LogP contribution in [0.2, 0.25) is 5.02 Å². The SMILES string of the molecule is Cn1nc2c(c1-c1cccc(Cl)c1)CCN(C(=O)c1cccc3c1OCO3)C2. The molecule has 0 saturated heterocycles. The van der Waals surface area contributed by atoms with Crippen molar-refractivity contribution >= 4 is 17.5 Å². The van der Waals surface area contributed by atoms with Crippen LogP contribution >= 0.6 is 11.6 Å². The van der Waals surface area contributed by atoms with Gasteiger partial charge in [-0.15, -0.1) is 0 Å². The van der Waals surface area contributed by atoms with Gasteiger partial charge in [0, 0.05) is 29.7 Å². The highest BCUT2D eigenvalue weighted by Gasteiger charge is 2.30. The lowest BCUT2D eigenvalue weighted by Gasteiger charge is -2.27. The van der Waals surface area contributed by atoms with Gasteiger partial charge in [0.2, 0.25) is 6.79 Å². The maximum absolute atomic E-state index is 13.1. The molecule has 3 aromatic rings. The summed E-state index contributed by atoms with van der Waals surface area (Å²) >= 11 is 6.17. The van der Waals surface area contributed by atoms with E-state index in [0.717, 1.165) is 23.4 Å². The van der Waals surface area contributed by atoms with E-state index in [0.29, 0.717) is 35.2 Å². The molecule has 0 spiro atoms. The van der Waals surface area contributed by atoms with Gasteiger partial charge in [0.05, 0.1) is 23.5 Å². The van der Waals surface area contributed by atoms with Gasteiger partial charge in [0.15, 0.2) is 11.5 Å². The lowest BCUT2D eigenvalue weighted by Crippen LogP contribution is -2.36. The minimum Gasteiger partial charge on any atom is -0.454 e. The Bertz CT molecular complexity index is 1090. The number of ether oxygens (including phenoxy) is 2. The number of carbonyl (C=O) groups is 1. The number of carbonyl (C=O) groups excluding carboxylic acids is 1. The summed E-state index contributed by atoms with van der Waals surface area (Å²) in [6.07, 6.45) is 0.739. The van der Waals surface area contributed by atoms with Crippen molar-refractivity contribution in [1.29, 1.82) is 0 Å². The van der Waals surface area contributed by atoms with Gasteiger partial charge in [-0.05, 0) is 30.7 Å². The van der Waals surface area contributed by atoms with Gasteiger partial charge in [0.1, 0.15) is 0 Å². The fraction of sp³-hybridized carbons (Fsp3) is 0.238. The first-order valence-electron chi connectivity index (χ1n) is 9.10. The van der Waals surface area contributed by atoms with Gasteiger partial charge in [0.25, 0.3) is 5.91 Å². The Labute approximate surface area is 167 Å². The van der Waals surface area contributed by atoms with Crippen molar-refractivity contribution in [2.75, 3.05) is 13.3 Å². The first-order valence-corrected chi connectivity index (χ1v) is 9.48. The van der Waals surface area contributed by atoms with Crippen LogP contribution < -0.4 is 9.47 Å². The highest BCUT2D eigenvalue weighted by atomic mass is 35.5. The van der Waals surface area contributed by atoms with Crippen molar-refractivity contribution in [3.8, 4) is 22.8 Å². The molecule has 0 bridgehead atoms. The molecule has 0 N–H and O–H groups in total. The number of halogens is 1. The summed E-state index contributed by atoms with van der Waals surface area (Å²) in [6, 6.07) is 13.2. The Kier molecular flexibility index (Phi) is 4.02. The molecular formula is C21H18ClN3O3. The van der Waals surface area contributed by atoms with Crippen LogP contribution in [0.25, 0.3) is 11.3 Å². The number of amides is 1. The Morgan fingerprint density at radius 2 is 2.04 bits per heavy atom. The minimum absolute atomic E-state index is 0.0667. The lowest BCUT2D eigenvalue weighted by molar-refractivity contribution is 0.0727. The van der Waals surface area contributed by atoms with Crippen LogP contribution in [0.1, 0.15) is 21.6 Å². The van der Waals surface area contributed by atoms with E-state index in [4.69, 9.17) is 21.1 Å². The van der Waals surface area contributed by atoms with E-state index in [1.54, 1.807) is 6.07 Å². The molecular weight excluding hydrogens is 378 g/mol. The minimum atomic E-state index is -0.0667. The summed E-state index contributed by atoms with van der Waals surface area (Å²) in [5, 5.41) is 5.37. The van der Waals surface area contributed by atoms with E-state index < -0.39 is 0 Å². The third-order valence-corrected chi connectivity index (χ3v) is 5.45. The number of aromatic nitrogens is 2. The van der Waals surface area contributed by atoms with Crippen molar-refractivity contribution in [3.63, 3.8) is 0 Å². The van der Waals surface area contributed by atoms with Crippen molar-refractivity contribution in [2.45, 2.75) is 13.0 Å². The predicted octanol–water partition coefficient (Wildman–Crippen LogP) is 3.67. The normalized spacial score (nSPS) is 14.9. The van der Waals surface area contributed by atoms with Gasteiger partial charge in [-0.2, -0.15) is 5.10 Å². The maximum atomic E-state index is 13.1. The zero-order chi connectivity index (χ0) is 19.3. The van der Waals surface area contributed by atoms with Crippen LogP contribution in [0, 0.1) is 0 Å². The first kappa shape index (κ1) is 17.1. The zero-order valence-electron chi connectivity index (χ0n) is 15.3. The molecule has 2 aliphatic rings. The second kappa shape index (κ2) is 6.56. The molecule has 2 aromatic carbocycles. The summed E-state index contributed by atoms with van der Waals surface area (Å²) in [5.41, 5.74) is 4.72. The van der Waals surface area contributed by atoms with E-state index >= 15 is 0 Å². The van der Waals surface area contributed by atoms with Crippen molar-refractivity contribution < 1.29 is 14.3 Å². The molecule has 5 rings (SSSR count). The molecule has 0 saturated carbocycles. The molecule has 28 heavy (non-hydrogen) atoms. The molecule has 3 heterocycles. The average molecular weight is 396 g/mol. The van der Waals surface area contributed by atoms with Gasteiger partial charge in [-0.3, -0.25) is 9.48 Å². The summed E-state index contributed by atoms with van der Waals surface area (Å²) in [4.78, 5) is 14.9. The molecule has 0 aliphatic carbocycles. The summed E-state index contributed by atoms with van der Waals surface area (Å²) in [6.45, 7) is 1.23. The van der Waals surface area contributed by atoms with Gasteiger partial charge in [-0.1, -0.05) is 29.8 Å². The van der Waals surface area contributed by atoms with Crippen molar-refractivity contribution in [3.05, 3.63) is 64.3 Å². The second-order valence-electron chi connectivity index (χ2n) is 6.92. The molecule has 1 amide bonds. The summed E-state index contributed by atoms with van der Waals surface area (Å²) < 4.78 is 12.8. The lowest BCUT2D eigenvalue weighted by atomic mass is 9.99. The summed E-state index contributed by atoms with van der Waals surface area (Å²) in [7, 11) is 1.93. The van der Waals surface area contributed by atoms with E-state index in [-0.39, 0.29) is 12.7 Å². The first-order chi connectivity index (χ1) is 13.6. The molecule has 2 aliphatic heterocycles. The second-order valence-corrected chi connectivity index (χ2v) is 7.36. The molecule has 6 nitrogen and oxygen atoms in total. The number of hydrogen-bond acceptors (Lipinski definition) is 4. The van der Waals surface area contributed by atoms with Gasteiger partial charge >= 0.3 is 0 Å². The van der Waals surface area contributed by atoms with Crippen LogP contribution in [0.4, 0.5) is 0 Å². The van der Waals surface area contributed by atoms with E-state index in [1.807, 2.05) is 53.0 Å². The smallest absolute Gasteiger partial charge is 0.258 e. The van der Waals surface area contributed by atoms with Crippen LogP contribution in [-0.2, 0) is 20.0 Å². The van der Waals surface area contributed by atoms with E-state index in [2.05, 4.69) is 5.10 Å². The van der Waals surface area contributed by atoms with E-state index in [1.165, 1.54) is 5.56 Å². The molecule has 0 atom stereocenters. The molecule has 142 valence electrons. The fourth-order valence-electron chi connectivity index (χ4n) is 3.96. The molecule has 0 unspecified atom stereocenters. The Morgan fingerprint density at radius 3 is 2.89 bits per heavy atom. The Balaban J connectivity index is 1.46. The number of rotatable bonds is 2. The standard InChI is InChI=1S/C21H18ClN3O3/c1-24-19(13-4-2-5-14(22)10-13)15-8-9-25(11-17(15)23-24)21(26)16-6-3-7-18-20(16)28-12-27-18/h2-7,10H,8-9,11-12H2,1H3. The van der Waals surface area contributed by atoms with Crippen LogP contribution in [0.3, 0.4) is 0 Å².